The summed E-state index contributed by atoms with van der Waals surface area (Å²) in [6, 6.07) is 17.4. The third-order valence-electron chi connectivity index (χ3n) is 8.79. The van der Waals surface area contributed by atoms with Crippen LogP contribution in [-0.4, -0.2) is 56.9 Å². The normalized spacial score (nSPS) is 19.0. The number of carbonyl (C=O) groups is 2. The van der Waals surface area contributed by atoms with Crippen LogP contribution in [0.1, 0.15) is 46.4 Å². The molecule has 5 heterocycles. The molecular weight excluding hydrogens is 661 g/mol. The molecule has 3 fully saturated rings. The molecule has 1 amide bonds. The van der Waals surface area contributed by atoms with E-state index in [1.165, 1.54) is 37.6 Å². The average Bonchev–Trinajstić information content (AvgIpc) is 3.57. The van der Waals surface area contributed by atoms with Gasteiger partial charge >= 0.3 is 12.1 Å². The van der Waals surface area contributed by atoms with Gasteiger partial charge in [-0.25, -0.2) is 9.59 Å². The maximum atomic E-state index is 13.6. The zero-order valence-electron chi connectivity index (χ0n) is 26.5. The Morgan fingerprint density at radius 3 is 2.35 bits per heavy atom. The summed E-state index contributed by atoms with van der Waals surface area (Å²) < 4.78 is 29.3. The van der Waals surface area contributed by atoms with Gasteiger partial charge in [-0.05, 0) is 73.8 Å². The second-order valence-electron chi connectivity index (χ2n) is 11.8. The molecule has 3 aliphatic rings. The number of pyridine rings is 1. The van der Waals surface area contributed by atoms with Crippen molar-refractivity contribution < 1.29 is 37.7 Å². The zero-order chi connectivity index (χ0) is 33.8. The Hall–Kier alpha value is -4.45. The molecular formula is C35H35Cl2N3O8. The van der Waals surface area contributed by atoms with Crippen LogP contribution in [0.3, 0.4) is 0 Å². The number of halogens is 2. The van der Waals surface area contributed by atoms with Crippen LogP contribution < -0.4 is 19.1 Å². The van der Waals surface area contributed by atoms with E-state index in [0.29, 0.717) is 44.7 Å². The van der Waals surface area contributed by atoms with Crippen molar-refractivity contribution in [2.24, 2.45) is 5.92 Å². The van der Waals surface area contributed by atoms with Crippen molar-refractivity contribution in [1.29, 1.82) is 0 Å². The summed E-state index contributed by atoms with van der Waals surface area (Å²) in [5.41, 5.74) is 1.61. The van der Waals surface area contributed by atoms with Crippen LogP contribution in [-0.2, 0) is 22.4 Å². The van der Waals surface area contributed by atoms with Crippen LogP contribution in [0.5, 0.6) is 11.5 Å². The van der Waals surface area contributed by atoms with Gasteiger partial charge in [0, 0.05) is 24.2 Å². The van der Waals surface area contributed by atoms with Crippen molar-refractivity contribution in [2.75, 3.05) is 38.8 Å². The van der Waals surface area contributed by atoms with Gasteiger partial charge in [0.1, 0.15) is 28.0 Å². The number of methoxy groups -OCH3 is 2. The van der Waals surface area contributed by atoms with Crippen molar-refractivity contribution in [3.05, 3.63) is 111 Å². The summed E-state index contributed by atoms with van der Waals surface area (Å²) in [6.07, 6.45) is 2.85. The molecule has 2 aromatic carbocycles. The van der Waals surface area contributed by atoms with Gasteiger partial charge in [0.15, 0.2) is 23.9 Å². The van der Waals surface area contributed by atoms with Crippen molar-refractivity contribution in [3.8, 4) is 11.5 Å². The van der Waals surface area contributed by atoms with Gasteiger partial charge in [-0.3, -0.25) is 9.80 Å². The molecule has 0 N–H and O–H groups in total. The lowest BCUT2D eigenvalue weighted by atomic mass is 9.86. The SMILES string of the molecule is COc1ccc([C@H](Cc2c(Cl)c[n+]([O-])cc2Cl)OC(=O)c2ccc(CN(C(=O)O[C@H]3CN4CCC3CC4)c3ccccc3)o2)cc1OC. The van der Waals surface area contributed by atoms with E-state index in [1.54, 1.807) is 24.3 Å². The van der Waals surface area contributed by atoms with Crippen molar-refractivity contribution >= 4 is 41.0 Å². The van der Waals surface area contributed by atoms with Gasteiger partial charge in [-0.15, -0.1) is 0 Å². The molecule has 4 aromatic rings. The molecule has 0 saturated carbocycles. The van der Waals surface area contributed by atoms with Crippen LogP contribution in [0.4, 0.5) is 10.5 Å². The predicted octanol–water partition coefficient (Wildman–Crippen LogP) is 6.62. The zero-order valence-corrected chi connectivity index (χ0v) is 28.0. The summed E-state index contributed by atoms with van der Waals surface area (Å²) in [7, 11) is 3.01. The van der Waals surface area contributed by atoms with E-state index >= 15 is 0 Å². The van der Waals surface area contributed by atoms with Gasteiger partial charge in [0.05, 0.1) is 20.8 Å². The predicted molar refractivity (Wildman–Crippen MR) is 178 cm³/mol. The molecule has 0 radical (unpaired) electrons. The number of piperidine rings is 3. The number of carbonyl (C=O) groups excluding carboxylic acids is 2. The lowest BCUT2D eigenvalue weighted by Crippen LogP contribution is -2.53. The molecule has 3 saturated heterocycles. The van der Waals surface area contributed by atoms with E-state index in [-0.39, 0.29) is 34.9 Å². The minimum absolute atomic E-state index is 0.0285. The van der Waals surface area contributed by atoms with Gasteiger partial charge in [0.25, 0.3) is 0 Å². The highest BCUT2D eigenvalue weighted by molar-refractivity contribution is 6.35. The number of amides is 1. The maximum Gasteiger partial charge on any atom is 0.415 e. The first-order valence-corrected chi connectivity index (χ1v) is 16.3. The molecule has 11 nitrogen and oxygen atoms in total. The van der Waals surface area contributed by atoms with Gasteiger partial charge < -0.3 is 28.6 Å². The molecule has 2 atom stereocenters. The smallest absolute Gasteiger partial charge is 0.415 e. The quantitative estimate of drug-likeness (QED) is 0.0970. The highest BCUT2D eigenvalue weighted by atomic mass is 35.5. The highest BCUT2D eigenvalue weighted by Crippen LogP contribution is 2.36. The first kappa shape index (κ1) is 33.5. The molecule has 252 valence electrons. The fourth-order valence-corrected chi connectivity index (χ4v) is 6.81. The van der Waals surface area contributed by atoms with E-state index in [9.17, 15) is 14.8 Å². The molecule has 48 heavy (non-hydrogen) atoms. The number of anilines is 1. The molecule has 7 rings (SSSR count). The van der Waals surface area contributed by atoms with Gasteiger partial charge in [-0.1, -0.05) is 47.5 Å². The Labute approximate surface area is 288 Å². The minimum atomic E-state index is -0.916. The number of furan rings is 1. The van der Waals surface area contributed by atoms with Crippen LogP contribution in [0.2, 0.25) is 10.0 Å². The van der Waals surface area contributed by atoms with E-state index < -0.39 is 18.2 Å². The summed E-state index contributed by atoms with van der Waals surface area (Å²) in [6.45, 7) is 2.82. The summed E-state index contributed by atoms with van der Waals surface area (Å²) >= 11 is 12.8. The molecule has 0 spiro atoms. The van der Waals surface area contributed by atoms with Gasteiger partial charge in [0.2, 0.25) is 5.76 Å². The third-order valence-corrected chi connectivity index (χ3v) is 9.44. The summed E-state index contributed by atoms with van der Waals surface area (Å²) in [4.78, 5) is 31.0. The topological polar surface area (TPSA) is 118 Å². The Balaban J connectivity index is 1.22. The number of fused-ring (bicyclic) bond motifs is 3. The Bertz CT molecular complexity index is 1740. The maximum absolute atomic E-state index is 13.6. The van der Waals surface area contributed by atoms with E-state index in [4.69, 9.17) is 46.6 Å². The van der Waals surface area contributed by atoms with Crippen molar-refractivity contribution in [1.82, 2.24) is 4.90 Å². The van der Waals surface area contributed by atoms with Crippen LogP contribution in [0, 0.1) is 11.1 Å². The molecule has 0 unspecified atom stereocenters. The fourth-order valence-electron chi connectivity index (χ4n) is 6.21. The van der Waals surface area contributed by atoms with Crippen molar-refractivity contribution in [2.45, 2.75) is 38.0 Å². The van der Waals surface area contributed by atoms with E-state index in [0.717, 1.165) is 32.5 Å². The molecule has 0 aliphatic carbocycles. The lowest BCUT2D eigenvalue weighted by Gasteiger charge is -2.44. The molecule has 2 aromatic heterocycles. The first-order chi connectivity index (χ1) is 23.2. The number of hydrogen-bond acceptors (Lipinski definition) is 9. The Kier molecular flexibility index (Phi) is 10.3. The number of esters is 1. The standard InChI is InChI=1S/C35H35Cl2N3O8/c1-44-29-10-8-23(16-32(29)45-2)31(17-26-27(36)19-39(43)20-28(26)37)47-34(41)30-11-9-25(46-30)18-40(24-6-4-3-5-7-24)35(42)48-33-21-38-14-12-22(33)13-15-38/h3-11,16,19-20,22,31,33H,12-15,17-18,21H2,1-2H3/t31-,33-/m0/s1. The minimum Gasteiger partial charge on any atom is -0.619 e. The molecule has 13 heteroatoms. The van der Waals surface area contributed by atoms with Crippen LogP contribution >= 0.6 is 23.2 Å². The van der Waals surface area contributed by atoms with Gasteiger partial charge in [-0.2, -0.15) is 4.73 Å². The van der Waals surface area contributed by atoms with Crippen LogP contribution in [0.15, 0.2) is 77.5 Å². The second-order valence-corrected chi connectivity index (χ2v) is 12.6. The third kappa shape index (κ3) is 7.48. The number of hydrogen-bond donors (Lipinski definition) is 0. The first-order valence-electron chi connectivity index (χ1n) is 15.6. The Morgan fingerprint density at radius 1 is 1.00 bits per heavy atom. The Morgan fingerprint density at radius 2 is 1.71 bits per heavy atom. The average molecular weight is 697 g/mol. The lowest BCUT2D eigenvalue weighted by molar-refractivity contribution is -0.605. The van der Waals surface area contributed by atoms with Crippen molar-refractivity contribution in [3.63, 3.8) is 0 Å². The summed E-state index contributed by atoms with van der Waals surface area (Å²) in [5, 5.41) is 12.1. The van der Waals surface area contributed by atoms with E-state index in [2.05, 4.69) is 4.90 Å². The largest absolute Gasteiger partial charge is 0.619 e. The number of nitrogens with zero attached hydrogens (tertiary/aromatic N) is 3. The monoisotopic (exact) mass is 695 g/mol. The number of aromatic nitrogens is 1. The number of ether oxygens (including phenoxy) is 4. The second kappa shape index (κ2) is 14.8. The molecule has 2 bridgehead atoms. The number of rotatable bonds is 11. The van der Waals surface area contributed by atoms with Crippen LogP contribution in [0.25, 0.3) is 0 Å². The number of benzene rings is 2. The molecule has 3 aliphatic heterocycles. The van der Waals surface area contributed by atoms with E-state index in [1.807, 2.05) is 30.3 Å². The highest BCUT2D eigenvalue weighted by Gasteiger charge is 2.37. The summed E-state index contributed by atoms with van der Waals surface area (Å²) in [5.74, 6) is 0.779. The number of para-hydroxylation sites is 1. The fraction of sp³-hybridized carbons (Fsp3) is 0.343.